The van der Waals surface area contributed by atoms with Gasteiger partial charge in [-0.15, -0.1) is 11.3 Å². The van der Waals surface area contributed by atoms with Crippen LogP contribution >= 0.6 is 22.9 Å². The van der Waals surface area contributed by atoms with Crippen molar-refractivity contribution >= 4 is 28.9 Å². The van der Waals surface area contributed by atoms with E-state index in [2.05, 4.69) is 20.6 Å². The van der Waals surface area contributed by atoms with Crippen LogP contribution in [0.5, 0.6) is 0 Å². The Balaban J connectivity index is 1.95. The molecule has 2 rings (SSSR count). The molecule has 0 amide bonds. The topological polar surface area (TPSA) is 69.5 Å². The number of aliphatic hydroxyl groups is 1. The summed E-state index contributed by atoms with van der Waals surface area (Å²) in [6, 6.07) is 7.28. The first-order chi connectivity index (χ1) is 11.1. The Morgan fingerprint density at radius 3 is 2.83 bits per heavy atom. The number of aliphatic hydroxyl groups excluding tert-OH is 1. The van der Waals surface area contributed by atoms with Gasteiger partial charge in [0.25, 0.3) is 0 Å². The maximum atomic E-state index is 10.3. The third kappa shape index (κ3) is 5.49. The maximum absolute atomic E-state index is 10.3. The van der Waals surface area contributed by atoms with Crippen molar-refractivity contribution in [1.82, 2.24) is 15.6 Å². The largest absolute Gasteiger partial charge is 0.387 e. The van der Waals surface area contributed by atoms with E-state index >= 15 is 0 Å². The minimum Gasteiger partial charge on any atom is -0.387 e. The Bertz CT molecular complexity index is 659. The molecule has 0 radical (unpaired) electrons. The van der Waals surface area contributed by atoms with Gasteiger partial charge in [0.05, 0.1) is 12.6 Å². The average Bonchev–Trinajstić information content (AvgIpc) is 2.95. The van der Waals surface area contributed by atoms with Crippen LogP contribution in [0.15, 0.2) is 35.5 Å². The highest BCUT2D eigenvalue weighted by Crippen LogP contribution is 2.21. The molecule has 0 fully saturated rings. The molecule has 1 atom stereocenters. The highest BCUT2D eigenvalue weighted by atomic mass is 35.5. The first kappa shape index (κ1) is 17.7. The van der Waals surface area contributed by atoms with Crippen molar-refractivity contribution < 1.29 is 5.11 Å². The number of hydrogen-bond acceptors (Lipinski definition) is 4. The minimum atomic E-state index is -0.699. The van der Waals surface area contributed by atoms with Gasteiger partial charge in [0.2, 0.25) is 0 Å². The molecule has 0 bridgehead atoms. The summed E-state index contributed by atoms with van der Waals surface area (Å²) < 4.78 is 0. The number of nitrogens with one attached hydrogen (secondary N) is 2. The normalized spacial score (nSPS) is 13.0. The molecule has 2 aromatic rings. The van der Waals surface area contributed by atoms with Gasteiger partial charge in [-0.3, -0.25) is 0 Å². The number of rotatable bonds is 6. The molecule has 23 heavy (non-hydrogen) atoms. The van der Waals surface area contributed by atoms with Crippen LogP contribution in [-0.4, -0.2) is 29.1 Å². The third-order valence-corrected chi connectivity index (χ3v) is 4.35. The van der Waals surface area contributed by atoms with Crippen LogP contribution in [0.1, 0.15) is 28.5 Å². The number of aryl methyl sites for hydroxylation is 1. The molecule has 1 aromatic carbocycles. The lowest BCUT2D eigenvalue weighted by Gasteiger charge is -2.16. The van der Waals surface area contributed by atoms with E-state index in [-0.39, 0.29) is 0 Å². The van der Waals surface area contributed by atoms with Gasteiger partial charge in [0.1, 0.15) is 5.01 Å². The lowest BCUT2D eigenvalue weighted by molar-refractivity contribution is 0.181. The lowest BCUT2D eigenvalue weighted by Crippen LogP contribution is -2.39. The van der Waals surface area contributed by atoms with E-state index in [1.54, 1.807) is 17.4 Å². The number of thiazole rings is 1. The SMILES string of the molecule is CCNC(=NCc1ncc(C)s1)NCC(O)c1ccccc1Cl. The monoisotopic (exact) mass is 352 g/mol. The van der Waals surface area contributed by atoms with E-state index in [4.69, 9.17) is 11.6 Å². The molecule has 0 spiro atoms. The van der Waals surface area contributed by atoms with Crippen molar-refractivity contribution in [3.05, 3.63) is 50.9 Å². The zero-order valence-corrected chi connectivity index (χ0v) is 14.8. The van der Waals surface area contributed by atoms with Crippen LogP contribution in [0, 0.1) is 6.92 Å². The summed E-state index contributed by atoms with van der Waals surface area (Å²) >= 11 is 7.73. The Morgan fingerprint density at radius 1 is 1.39 bits per heavy atom. The van der Waals surface area contributed by atoms with Gasteiger partial charge in [0, 0.05) is 34.7 Å². The highest BCUT2D eigenvalue weighted by molar-refractivity contribution is 7.11. The number of nitrogens with zero attached hydrogens (tertiary/aromatic N) is 2. The Kier molecular flexibility index (Phi) is 6.83. The molecule has 0 saturated carbocycles. The maximum Gasteiger partial charge on any atom is 0.191 e. The molecular formula is C16H21ClN4OS. The molecule has 0 saturated heterocycles. The molecule has 124 valence electrons. The lowest BCUT2D eigenvalue weighted by atomic mass is 10.1. The number of guanidine groups is 1. The summed E-state index contributed by atoms with van der Waals surface area (Å²) in [4.78, 5) is 9.94. The fourth-order valence-electron chi connectivity index (χ4n) is 2.01. The van der Waals surface area contributed by atoms with Gasteiger partial charge >= 0.3 is 0 Å². The van der Waals surface area contributed by atoms with Gasteiger partial charge in [-0.2, -0.15) is 0 Å². The predicted molar refractivity (Wildman–Crippen MR) is 96.1 cm³/mol. The van der Waals surface area contributed by atoms with Gasteiger partial charge in [-0.1, -0.05) is 29.8 Å². The van der Waals surface area contributed by atoms with Crippen LogP contribution in [0.3, 0.4) is 0 Å². The van der Waals surface area contributed by atoms with Gasteiger partial charge in [-0.25, -0.2) is 9.98 Å². The summed E-state index contributed by atoms with van der Waals surface area (Å²) in [6.07, 6.45) is 1.14. The Morgan fingerprint density at radius 2 is 2.17 bits per heavy atom. The van der Waals surface area contributed by atoms with Crippen LogP contribution in [-0.2, 0) is 6.54 Å². The standard InChI is InChI=1S/C16H21ClN4OS/c1-3-18-16(21-10-15-19-8-11(2)23-15)20-9-14(22)12-6-4-5-7-13(12)17/h4-8,14,22H,3,9-10H2,1-2H3,(H2,18,20,21). The molecule has 0 aliphatic carbocycles. The van der Waals surface area contributed by atoms with E-state index in [0.29, 0.717) is 29.6 Å². The van der Waals surface area contributed by atoms with Crippen LogP contribution in [0.2, 0.25) is 5.02 Å². The first-order valence-corrected chi connectivity index (χ1v) is 8.65. The summed E-state index contributed by atoms with van der Waals surface area (Å²) in [5, 5.41) is 18.1. The highest BCUT2D eigenvalue weighted by Gasteiger charge is 2.11. The Hall–Kier alpha value is -1.63. The van der Waals surface area contributed by atoms with Crippen molar-refractivity contribution in [1.29, 1.82) is 0 Å². The van der Waals surface area contributed by atoms with Crippen molar-refractivity contribution in [3.63, 3.8) is 0 Å². The minimum absolute atomic E-state index is 0.326. The third-order valence-electron chi connectivity index (χ3n) is 3.11. The smallest absolute Gasteiger partial charge is 0.191 e. The van der Waals surface area contributed by atoms with Crippen molar-refractivity contribution in [2.75, 3.05) is 13.1 Å². The summed E-state index contributed by atoms with van der Waals surface area (Å²) in [6.45, 7) is 5.59. The van der Waals surface area contributed by atoms with Gasteiger partial charge < -0.3 is 15.7 Å². The van der Waals surface area contributed by atoms with E-state index in [0.717, 1.165) is 11.6 Å². The predicted octanol–water partition coefficient (Wildman–Crippen LogP) is 2.89. The molecule has 1 heterocycles. The molecule has 5 nitrogen and oxygen atoms in total. The summed E-state index contributed by atoms with van der Waals surface area (Å²) in [7, 11) is 0. The first-order valence-electron chi connectivity index (χ1n) is 7.46. The molecule has 7 heteroatoms. The van der Waals surface area contributed by atoms with E-state index in [9.17, 15) is 5.11 Å². The van der Waals surface area contributed by atoms with Crippen LogP contribution in [0.4, 0.5) is 0 Å². The van der Waals surface area contributed by atoms with Crippen molar-refractivity contribution in [3.8, 4) is 0 Å². The molecule has 0 aliphatic heterocycles. The quantitative estimate of drug-likeness (QED) is 0.552. The summed E-state index contributed by atoms with van der Waals surface area (Å²) in [5.74, 6) is 0.645. The summed E-state index contributed by atoms with van der Waals surface area (Å²) in [5.41, 5.74) is 0.702. The molecule has 0 aliphatic rings. The second-order valence-corrected chi connectivity index (χ2v) is 6.70. The fourth-order valence-corrected chi connectivity index (χ4v) is 2.98. The average molecular weight is 353 g/mol. The van der Waals surface area contributed by atoms with Gasteiger partial charge in [0.15, 0.2) is 5.96 Å². The molecule has 1 unspecified atom stereocenters. The number of aliphatic imine (C=N–C) groups is 1. The van der Waals surface area contributed by atoms with Crippen LogP contribution in [0.25, 0.3) is 0 Å². The molecular weight excluding hydrogens is 332 g/mol. The number of aromatic nitrogens is 1. The second-order valence-electron chi connectivity index (χ2n) is 4.98. The van der Waals surface area contributed by atoms with Crippen LogP contribution < -0.4 is 10.6 Å². The zero-order valence-electron chi connectivity index (χ0n) is 13.2. The van der Waals surface area contributed by atoms with E-state index in [1.165, 1.54) is 4.88 Å². The van der Waals surface area contributed by atoms with Crippen molar-refractivity contribution in [2.45, 2.75) is 26.5 Å². The van der Waals surface area contributed by atoms with Crippen molar-refractivity contribution in [2.24, 2.45) is 4.99 Å². The van der Waals surface area contributed by atoms with Gasteiger partial charge in [-0.05, 0) is 19.9 Å². The molecule has 3 N–H and O–H groups in total. The van der Waals surface area contributed by atoms with E-state index in [1.807, 2.05) is 38.2 Å². The molecule has 1 aromatic heterocycles. The number of benzene rings is 1. The number of hydrogen-bond donors (Lipinski definition) is 3. The number of halogens is 1. The van der Waals surface area contributed by atoms with E-state index < -0.39 is 6.10 Å². The Labute approximate surface area is 145 Å². The fraction of sp³-hybridized carbons (Fsp3) is 0.375. The second kappa shape index (κ2) is 8.86. The zero-order chi connectivity index (χ0) is 16.7.